The van der Waals surface area contributed by atoms with Crippen molar-refractivity contribution >= 4 is 22.9 Å². The molecule has 5 nitrogen and oxygen atoms in total. The molecular weight excluding hydrogens is 334 g/mol. The molecule has 1 aliphatic rings. The Morgan fingerprint density at radius 1 is 1.24 bits per heavy atom. The summed E-state index contributed by atoms with van der Waals surface area (Å²) in [6.07, 6.45) is 0. The van der Waals surface area contributed by atoms with E-state index in [0.717, 1.165) is 38.4 Å². The minimum absolute atomic E-state index is 0.00999. The highest BCUT2D eigenvalue weighted by atomic mass is 32.1. The zero-order chi connectivity index (χ0) is 17.6. The van der Waals surface area contributed by atoms with E-state index in [1.54, 1.807) is 18.4 Å². The maximum Gasteiger partial charge on any atom is 0.241 e. The minimum atomic E-state index is -0.159. The van der Waals surface area contributed by atoms with Gasteiger partial charge in [-0.2, -0.15) is 11.3 Å². The Kier molecular flexibility index (Phi) is 6.07. The van der Waals surface area contributed by atoms with E-state index in [2.05, 4.69) is 31.9 Å². The largest absolute Gasteiger partial charge is 0.495 e. The summed E-state index contributed by atoms with van der Waals surface area (Å²) in [6.45, 7) is 6.76. The summed E-state index contributed by atoms with van der Waals surface area (Å²) in [6, 6.07) is 9.52. The number of methoxy groups -OCH3 is 1. The number of nitrogens with zero attached hydrogens (tertiary/aromatic N) is 2. The van der Waals surface area contributed by atoms with Crippen LogP contribution in [0.5, 0.6) is 5.75 Å². The standard InChI is InChI=1S/C19H25N3O2S/c1-15(19(23)20-17-5-3-4-6-18(17)24-2)22-10-8-21(9-11-22)13-16-7-12-25-14-16/h3-7,12,14-15H,8-11,13H2,1-2H3,(H,20,23). The Hall–Kier alpha value is -1.89. The summed E-state index contributed by atoms with van der Waals surface area (Å²) < 4.78 is 5.30. The molecule has 1 aromatic carbocycles. The highest BCUT2D eigenvalue weighted by molar-refractivity contribution is 7.07. The number of thiophene rings is 1. The highest BCUT2D eigenvalue weighted by Crippen LogP contribution is 2.23. The molecule has 0 spiro atoms. The molecule has 3 rings (SSSR count). The van der Waals surface area contributed by atoms with Crippen molar-refractivity contribution < 1.29 is 9.53 Å². The van der Waals surface area contributed by atoms with Gasteiger partial charge >= 0.3 is 0 Å². The zero-order valence-corrected chi connectivity index (χ0v) is 15.6. The fourth-order valence-corrected chi connectivity index (χ4v) is 3.76. The molecule has 134 valence electrons. The predicted molar refractivity (Wildman–Crippen MR) is 102 cm³/mol. The molecule has 1 aromatic heterocycles. The smallest absolute Gasteiger partial charge is 0.241 e. The second-order valence-electron chi connectivity index (χ2n) is 6.31. The first-order valence-corrected chi connectivity index (χ1v) is 9.53. The topological polar surface area (TPSA) is 44.8 Å². The molecule has 1 unspecified atom stereocenters. The van der Waals surface area contributed by atoms with Crippen LogP contribution in [0, 0.1) is 0 Å². The fourth-order valence-electron chi connectivity index (χ4n) is 3.10. The van der Waals surface area contributed by atoms with Crippen LogP contribution in [0.3, 0.4) is 0 Å². The van der Waals surface area contributed by atoms with Crippen LogP contribution in [0.1, 0.15) is 12.5 Å². The number of carbonyl (C=O) groups excluding carboxylic acids is 1. The lowest BCUT2D eigenvalue weighted by Crippen LogP contribution is -2.52. The monoisotopic (exact) mass is 359 g/mol. The fraction of sp³-hybridized carbons (Fsp3) is 0.421. The molecule has 0 bridgehead atoms. The molecule has 1 amide bonds. The first-order chi connectivity index (χ1) is 12.2. The normalized spacial score (nSPS) is 17.2. The first kappa shape index (κ1) is 17.9. The van der Waals surface area contributed by atoms with E-state index in [-0.39, 0.29) is 11.9 Å². The summed E-state index contributed by atoms with van der Waals surface area (Å²) in [5, 5.41) is 7.31. The van der Waals surface area contributed by atoms with Gasteiger partial charge in [-0.25, -0.2) is 0 Å². The van der Waals surface area contributed by atoms with Gasteiger partial charge in [0.1, 0.15) is 5.75 Å². The van der Waals surface area contributed by atoms with Crippen molar-refractivity contribution in [3.8, 4) is 5.75 Å². The van der Waals surface area contributed by atoms with Crippen LogP contribution >= 0.6 is 11.3 Å². The Balaban J connectivity index is 1.51. The number of benzene rings is 1. The number of nitrogens with one attached hydrogen (secondary N) is 1. The number of piperazine rings is 1. The van der Waals surface area contributed by atoms with Crippen molar-refractivity contribution in [1.82, 2.24) is 9.80 Å². The van der Waals surface area contributed by atoms with E-state index in [0.29, 0.717) is 5.75 Å². The van der Waals surface area contributed by atoms with Crippen molar-refractivity contribution in [3.05, 3.63) is 46.7 Å². The van der Waals surface area contributed by atoms with Crippen molar-refractivity contribution in [1.29, 1.82) is 0 Å². The van der Waals surface area contributed by atoms with Crippen molar-refractivity contribution in [2.45, 2.75) is 19.5 Å². The number of carbonyl (C=O) groups is 1. The summed E-state index contributed by atoms with van der Waals surface area (Å²) in [5.74, 6) is 0.694. The molecule has 0 radical (unpaired) electrons. The molecule has 1 atom stereocenters. The van der Waals surface area contributed by atoms with Crippen LogP contribution in [-0.2, 0) is 11.3 Å². The summed E-state index contributed by atoms with van der Waals surface area (Å²) in [5.41, 5.74) is 2.10. The van der Waals surface area contributed by atoms with Gasteiger partial charge in [0.15, 0.2) is 0 Å². The molecular formula is C19H25N3O2S. The average Bonchev–Trinajstić information content (AvgIpc) is 3.15. The molecule has 1 saturated heterocycles. The summed E-state index contributed by atoms with van der Waals surface area (Å²) in [4.78, 5) is 17.3. The van der Waals surface area contributed by atoms with Gasteiger partial charge in [-0.3, -0.25) is 14.6 Å². The van der Waals surface area contributed by atoms with Gasteiger partial charge in [-0.1, -0.05) is 12.1 Å². The lowest BCUT2D eigenvalue weighted by molar-refractivity contribution is -0.121. The van der Waals surface area contributed by atoms with Crippen LogP contribution in [0.4, 0.5) is 5.69 Å². The number of amides is 1. The SMILES string of the molecule is COc1ccccc1NC(=O)C(C)N1CCN(Cc2ccsc2)CC1. The van der Waals surface area contributed by atoms with Gasteiger partial charge in [0, 0.05) is 32.7 Å². The van der Waals surface area contributed by atoms with Crippen molar-refractivity contribution in [2.75, 3.05) is 38.6 Å². The quantitative estimate of drug-likeness (QED) is 0.861. The summed E-state index contributed by atoms with van der Waals surface area (Å²) in [7, 11) is 1.61. The van der Waals surface area contributed by atoms with Gasteiger partial charge in [0.25, 0.3) is 0 Å². The van der Waals surface area contributed by atoms with E-state index in [4.69, 9.17) is 4.74 Å². The van der Waals surface area contributed by atoms with E-state index in [1.807, 2.05) is 31.2 Å². The Labute approximate surface area is 153 Å². The third-order valence-corrected chi connectivity index (χ3v) is 5.42. The number of hydrogen-bond acceptors (Lipinski definition) is 5. The maximum atomic E-state index is 12.6. The molecule has 1 fully saturated rings. The first-order valence-electron chi connectivity index (χ1n) is 8.58. The average molecular weight is 359 g/mol. The number of anilines is 1. The van der Waals surface area contributed by atoms with E-state index < -0.39 is 0 Å². The highest BCUT2D eigenvalue weighted by Gasteiger charge is 2.26. The molecule has 0 saturated carbocycles. The van der Waals surface area contributed by atoms with Crippen LogP contribution in [0.2, 0.25) is 0 Å². The lowest BCUT2D eigenvalue weighted by Gasteiger charge is -2.37. The van der Waals surface area contributed by atoms with Gasteiger partial charge < -0.3 is 10.1 Å². The third-order valence-electron chi connectivity index (χ3n) is 4.69. The molecule has 25 heavy (non-hydrogen) atoms. The van der Waals surface area contributed by atoms with E-state index in [1.165, 1.54) is 5.56 Å². The van der Waals surface area contributed by atoms with E-state index >= 15 is 0 Å². The minimum Gasteiger partial charge on any atom is -0.495 e. The maximum absolute atomic E-state index is 12.6. The molecule has 1 N–H and O–H groups in total. The van der Waals surface area contributed by atoms with Crippen molar-refractivity contribution in [2.24, 2.45) is 0 Å². The molecule has 1 aliphatic heterocycles. The molecule has 0 aliphatic carbocycles. The molecule has 6 heteroatoms. The number of para-hydroxylation sites is 2. The second kappa shape index (κ2) is 8.47. The number of hydrogen-bond donors (Lipinski definition) is 1. The van der Waals surface area contributed by atoms with E-state index in [9.17, 15) is 4.79 Å². The zero-order valence-electron chi connectivity index (χ0n) is 14.8. The van der Waals surface area contributed by atoms with Gasteiger partial charge in [-0.05, 0) is 41.4 Å². The van der Waals surface area contributed by atoms with Gasteiger partial charge in [-0.15, -0.1) is 0 Å². The Bertz CT molecular complexity index is 682. The van der Waals surface area contributed by atoms with Crippen molar-refractivity contribution in [3.63, 3.8) is 0 Å². The van der Waals surface area contributed by atoms with Crippen LogP contribution < -0.4 is 10.1 Å². The van der Waals surface area contributed by atoms with Gasteiger partial charge in [0.2, 0.25) is 5.91 Å². The molecule has 2 heterocycles. The number of rotatable bonds is 6. The van der Waals surface area contributed by atoms with Gasteiger partial charge in [0.05, 0.1) is 18.8 Å². The lowest BCUT2D eigenvalue weighted by atomic mass is 10.2. The summed E-state index contributed by atoms with van der Waals surface area (Å²) >= 11 is 1.74. The third kappa shape index (κ3) is 4.60. The van der Waals surface area contributed by atoms with Crippen LogP contribution in [0.25, 0.3) is 0 Å². The number of ether oxygens (including phenoxy) is 1. The molecule has 2 aromatic rings. The Morgan fingerprint density at radius 2 is 2.00 bits per heavy atom. The van der Waals surface area contributed by atoms with Crippen LogP contribution in [-0.4, -0.2) is 55.0 Å². The predicted octanol–water partition coefficient (Wildman–Crippen LogP) is 2.90. The Morgan fingerprint density at radius 3 is 2.68 bits per heavy atom. The second-order valence-corrected chi connectivity index (χ2v) is 7.09. The van der Waals surface area contributed by atoms with Crippen LogP contribution in [0.15, 0.2) is 41.1 Å².